The van der Waals surface area contributed by atoms with E-state index >= 15 is 0 Å². The molecule has 1 aromatic heterocycles. The van der Waals surface area contributed by atoms with Gasteiger partial charge in [0.1, 0.15) is 7.05 Å². The van der Waals surface area contributed by atoms with E-state index in [1.165, 1.54) is 23.0 Å². The quantitative estimate of drug-likeness (QED) is 0.200. The minimum Gasteiger partial charge on any atom is -1.00 e. The first kappa shape index (κ1) is 18.8. The Labute approximate surface area is 163 Å². The van der Waals surface area contributed by atoms with E-state index in [1.54, 1.807) is 12.1 Å². The molecule has 0 aliphatic rings. The number of aryl methyl sites for hydroxylation is 1. The van der Waals surface area contributed by atoms with Gasteiger partial charge in [0.2, 0.25) is 11.2 Å². The molecule has 0 saturated carbocycles. The number of rotatable bonds is 4. The highest BCUT2D eigenvalue weighted by molar-refractivity contribution is 5.76. The van der Waals surface area contributed by atoms with Gasteiger partial charge in [0.15, 0.2) is 0 Å². The normalized spacial score (nSPS) is 11.1. The molecule has 0 fully saturated rings. The maximum atomic E-state index is 10.6. The van der Waals surface area contributed by atoms with Crippen molar-refractivity contribution in [1.82, 2.24) is 0 Å². The smallest absolute Gasteiger partial charge is 0.269 e. The number of pyridine rings is 1. The third kappa shape index (κ3) is 4.51. The molecule has 1 heterocycles. The number of nitrogens with zero attached hydrogens (tertiary/aromatic N) is 2. The van der Waals surface area contributed by atoms with Crippen LogP contribution in [0.15, 0.2) is 72.8 Å². The Morgan fingerprint density at radius 2 is 1.60 bits per heavy atom. The molecule has 5 heteroatoms. The molecule has 3 rings (SSSR count). The molecule has 0 spiro atoms. The van der Waals surface area contributed by atoms with Crippen LogP contribution in [0.5, 0.6) is 0 Å². The highest BCUT2D eigenvalue weighted by atomic mass is 127. The fourth-order valence-corrected chi connectivity index (χ4v) is 2.56. The summed E-state index contributed by atoms with van der Waals surface area (Å²) in [7, 11) is 2.04. The second kappa shape index (κ2) is 8.53. The molecule has 0 unspecified atom stereocenters. The van der Waals surface area contributed by atoms with Crippen LogP contribution in [0.25, 0.3) is 23.1 Å². The van der Waals surface area contributed by atoms with E-state index in [2.05, 4.69) is 28.8 Å². The third-order valence-electron chi connectivity index (χ3n) is 3.89. The lowest BCUT2D eigenvalue weighted by Gasteiger charge is -1.99. The van der Waals surface area contributed by atoms with Gasteiger partial charge in [0.05, 0.1) is 4.92 Å². The average molecular weight is 444 g/mol. The van der Waals surface area contributed by atoms with Crippen LogP contribution in [0.1, 0.15) is 11.3 Å². The van der Waals surface area contributed by atoms with E-state index in [0.717, 1.165) is 11.3 Å². The standard InChI is InChI=1S/C20H17N2O2.HI/c1-21-18(15-12-17-7-3-5-9-20(17)21)8-4-2-6-16-10-13-19(14-11-16)22(23)24;/h2-15H,1H3;1H/q+1;/p-1. The number of halogens is 1. The van der Waals surface area contributed by atoms with Gasteiger partial charge in [-0.2, -0.15) is 4.57 Å². The van der Waals surface area contributed by atoms with Gasteiger partial charge in [-0.1, -0.05) is 30.4 Å². The molecule has 0 radical (unpaired) electrons. The zero-order valence-corrected chi connectivity index (χ0v) is 15.8. The molecule has 0 amide bonds. The minimum atomic E-state index is -0.396. The summed E-state index contributed by atoms with van der Waals surface area (Å²) in [6.45, 7) is 0. The van der Waals surface area contributed by atoms with Crippen molar-refractivity contribution in [3.8, 4) is 0 Å². The summed E-state index contributed by atoms with van der Waals surface area (Å²) in [5.41, 5.74) is 3.31. The molecule has 0 atom stereocenters. The number of nitro benzene ring substituents is 1. The van der Waals surface area contributed by atoms with E-state index < -0.39 is 4.92 Å². The van der Waals surface area contributed by atoms with Crippen molar-refractivity contribution in [3.05, 3.63) is 94.2 Å². The lowest BCUT2D eigenvalue weighted by atomic mass is 10.1. The summed E-state index contributed by atoms with van der Waals surface area (Å²) in [5.74, 6) is 0. The van der Waals surface area contributed by atoms with Crippen LogP contribution in [0, 0.1) is 10.1 Å². The molecular formula is C20H17IN2O2. The molecule has 0 aliphatic heterocycles. The largest absolute Gasteiger partial charge is 1.00 e. The van der Waals surface area contributed by atoms with Gasteiger partial charge >= 0.3 is 0 Å². The summed E-state index contributed by atoms with van der Waals surface area (Å²) >= 11 is 0. The van der Waals surface area contributed by atoms with E-state index in [4.69, 9.17) is 0 Å². The first-order valence-electron chi connectivity index (χ1n) is 7.62. The van der Waals surface area contributed by atoms with Crippen LogP contribution in [-0.2, 0) is 7.05 Å². The van der Waals surface area contributed by atoms with Crippen molar-refractivity contribution in [1.29, 1.82) is 0 Å². The molecule has 0 bridgehead atoms. The number of hydrogen-bond acceptors (Lipinski definition) is 2. The summed E-state index contributed by atoms with van der Waals surface area (Å²) in [6, 6.07) is 18.9. The summed E-state index contributed by atoms with van der Waals surface area (Å²) in [4.78, 5) is 10.2. The Balaban J connectivity index is 0.00000225. The lowest BCUT2D eigenvalue weighted by molar-refractivity contribution is -0.646. The van der Waals surface area contributed by atoms with E-state index in [9.17, 15) is 10.1 Å². The van der Waals surface area contributed by atoms with Crippen molar-refractivity contribution in [3.63, 3.8) is 0 Å². The van der Waals surface area contributed by atoms with Gasteiger partial charge < -0.3 is 24.0 Å². The Morgan fingerprint density at radius 3 is 2.32 bits per heavy atom. The number of nitro groups is 1. The second-order valence-electron chi connectivity index (χ2n) is 5.44. The van der Waals surface area contributed by atoms with Crippen LogP contribution in [0.2, 0.25) is 0 Å². The van der Waals surface area contributed by atoms with E-state index in [0.29, 0.717) is 0 Å². The van der Waals surface area contributed by atoms with Crippen molar-refractivity contribution < 1.29 is 33.5 Å². The van der Waals surface area contributed by atoms with Crippen LogP contribution in [-0.4, -0.2) is 4.92 Å². The van der Waals surface area contributed by atoms with Gasteiger partial charge in [0, 0.05) is 35.7 Å². The monoisotopic (exact) mass is 444 g/mol. The number of benzene rings is 2. The van der Waals surface area contributed by atoms with Gasteiger partial charge in [-0.3, -0.25) is 10.1 Å². The predicted octanol–water partition coefficient (Wildman–Crippen LogP) is 1.30. The molecule has 25 heavy (non-hydrogen) atoms. The zero-order chi connectivity index (χ0) is 16.9. The van der Waals surface area contributed by atoms with E-state index in [-0.39, 0.29) is 29.7 Å². The molecule has 4 nitrogen and oxygen atoms in total. The molecule has 0 aliphatic carbocycles. The van der Waals surface area contributed by atoms with Crippen LogP contribution in [0.3, 0.4) is 0 Å². The Hall–Kier alpha value is -2.54. The third-order valence-corrected chi connectivity index (χ3v) is 3.89. The fraction of sp³-hybridized carbons (Fsp3) is 0.0500. The summed E-state index contributed by atoms with van der Waals surface area (Å²) < 4.78 is 2.14. The van der Waals surface area contributed by atoms with Crippen molar-refractivity contribution in [2.45, 2.75) is 0 Å². The predicted molar refractivity (Wildman–Crippen MR) is 96.3 cm³/mol. The van der Waals surface area contributed by atoms with E-state index in [1.807, 2.05) is 43.5 Å². The number of fused-ring (bicyclic) bond motifs is 1. The molecule has 2 aromatic carbocycles. The minimum absolute atomic E-state index is 0. The maximum Gasteiger partial charge on any atom is 0.269 e. The molecule has 0 N–H and O–H groups in total. The first-order chi connectivity index (χ1) is 11.6. The topological polar surface area (TPSA) is 47.0 Å². The molecule has 0 saturated heterocycles. The maximum absolute atomic E-state index is 10.6. The first-order valence-corrected chi connectivity index (χ1v) is 7.62. The number of non-ortho nitro benzene ring substituents is 1. The van der Waals surface area contributed by atoms with Crippen LogP contribution < -0.4 is 28.5 Å². The van der Waals surface area contributed by atoms with Crippen molar-refractivity contribution in [2.24, 2.45) is 7.05 Å². The Kier molecular flexibility index (Phi) is 6.41. The van der Waals surface area contributed by atoms with Gasteiger partial charge in [-0.05, 0) is 29.8 Å². The summed E-state index contributed by atoms with van der Waals surface area (Å²) in [5, 5.41) is 11.8. The van der Waals surface area contributed by atoms with Gasteiger partial charge in [-0.15, -0.1) is 0 Å². The number of allylic oxidation sites excluding steroid dienone is 2. The van der Waals surface area contributed by atoms with Crippen LogP contribution >= 0.6 is 0 Å². The van der Waals surface area contributed by atoms with Gasteiger partial charge in [-0.25, -0.2) is 0 Å². The second-order valence-corrected chi connectivity index (χ2v) is 5.44. The average Bonchev–Trinajstić information content (AvgIpc) is 2.61. The Morgan fingerprint density at radius 1 is 0.920 bits per heavy atom. The molecule has 126 valence electrons. The molecular weight excluding hydrogens is 427 g/mol. The SMILES string of the molecule is C[n+]1c(C=CC=Cc2ccc([N+](=O)[O-])cc2)ccc2ccccc21.[I-]. The highest BCUT2D eigenvalue weighted by Crippen LogP contribution is 2.13. The molecule has 3 aromatic rings. The summed E-state index contributed by atoms with van der Waals surface area (Å²) in [6.07, 6.45) is 7.84. The number of aromatic nitrogens is 1. The fourth-order valence-electron chi connectivity index (χ4n) is 2.56. The van der Waals surface area contributed by atoms with Crippen LogP contribution in [0.4, 0.5) is 5.69 Å². The zero-order valence-electron chi connectivity index (χ0n) is 13.7. The Bertz CT molecular complexity index is 948. The number of para-hydroxylation sites is 1. The van der Waals surface area contributed by atoms with Crippen molar-refractivity contribution in [2.75, 3.05) is 0 Å². The highest BCUT2D eigenvalue weighted by Gasteiger charge is 2.07. The van der Waals surface area contributed by atoms with Crippen molar-refractivity contribution >= 4 is 28.7 Å². The van der Waals surface area contributed by atoms with Gasteiger partial charge in [0.25, 0.3) is 5.69 Å². The lowest BCUT2D eigenvalue weighted by Crippen LogP contribution is -3.00. The number of hydrogen-bond donors (Lipinski definition) is 0.